The van der Waals surface area contributed by atoms with E-state index in [1.54, 1.807) is 30.8 Å². The van der Waals surface area contributed by atoms with Crippen LogP contribution < -0.4 is 21.5 Å². The molecule has 0 radical (unpaired) electrons. The van der Waals surface area contributed by atoms with E-state index in [1.807, 2.05) is 76.9 Å². The van der Waals surface area contributed by atoms with E-state index in [4.69, 9.17) is 14.3 Å². The summed E-state index contributed by atoms with van der Waals surface area (Å²) in [5.74, 6) is -4.43. The van der Waals surface area contributed by atoms with Crippen molar-refractivity contribution in [2.24, 2.45) is 23.7 Å². The van der Waals surface area contributed by atoms with Crippen LogP contribution in [0.3, 0.4) is 0 Å². The number of hydrazine groups is 1. The number of H-pyrrole nitrogens is 1. The molecule has 450 valence electrons. The van der Waals surface area contributed by atoms with Gasteiger partial charge >= 0.3 is 0 Å². The normalized spacial score (nSPS) is 18.6. The molecule has 0 spiro atoms. The minimum atomic E-state index is -0.928. The van der Waals surface area contributed by atoms with Crippen LogP contribution >= 0.6 is 0 Å². The summed E-state index contributed by atoms with van der Waals surface area (Å²) in [6, 6.07) is 4.25. The molecule has 5 rings (SSSR count). The van der Waals surface area contributed by atoms with Crippen molar-refractivity contribution in [3.63, 3.8) is 0 Å². The molecule has 1 aromatic heterocycles. The topological polar surface area (TPSA) is 261 Å². The molecule has 2 aromatic rings. The summed E-state index contributed by atoms with van der Waals surface area (Å²) in [5, 5.41) is 8.41. The monoisotopic (exact) mass is 1130 g/mol. The minimum Gasteiger partial charge on any atom is -0.379 e. The van der Waals surface area contributed by atoms with E-state index in [2.05, 4.69) is 26.5 Å². The fourth-order valence-electron chi connectivity index (χ4n) is 11.5. The third-order valence-corrected chi connectivity index (χ3v) is 16.3. The van der Waals surface area contributed by atoms with Gasteiger partial charge in [0.2, 0.25) is 35.4 Å². The number of nitrogens with one attached hydrogen (secondary N) is 5. The summed E-state index contributed by atoms with van der Waals surface area (Å²) >= 11 is 0. The van der Waals surface area contributed by atoms with Crippen LogP contribution in [0, 0.1) is 23.7 Å². The Balaban J connectivity index is 1.17. The average molecular weight is 1130 g/mol. The number of rotatable bonds is 31. The van der Waals surface area contributed by atoms with Gasteiger partial charge in [0, 0.05) is 89.4 Å². The zero-order valence-electron chi connectivity index (χ0n) is 49.8. The minimum absolute atomic E-state index is 0.0654. The van der Waals surface area contributed by atoms with Gasteiger partial charge in [0.1, 0.15) is 12.1 Å². The number of methoxy groups -OCH3 is 2. The van der Waals surface area contributed by atoms with Crippen LogP contribution in [0.5, 0.6) is 0 Å². The van der Waals surface area contributed by atoms with E-state index in [0.717, 1.165) is 34.2 Å². The summed E-state index contributed by atoms with van der Waals surface area (Å²) in [4.78, 5) is 136. The van der Waals surface area contributed by atoms with Crippen LogP contribution in [0.2, 0.25) is 0 Å². The van der Waals surface area contributed by atoms with Gasteiger partial charge in [-0.2, -0.15) is 0 Å². The van der Waals surface area contributed by atoms with Crippen molar-refractivity contribution in [1.29, 1.82) is 0 Å². The second kappa shape index (κ2) is 31.8. The van der Waals surface area contributed by atoms with Gasteiger partial charge in [0.15, 0.2) is 0 Å². The van der Waals surface area contributed by atoms with Gasteiger partial charge in [-0.1, -0.05) is 79.5 Å². The first kappa shape index (κ1) is 65.6. The predicted octanol–water partition coefficient (Wildman–Crippen LogP) is 4.18. The number of imide groups is 1. The summed E-state index contributed by atoms with van der Waals surface area (Å²) in [7, 11) is 6.54. The maximum atomic E-state index is 14.8. The largest absolute Gasteiger partial charge is 0.379 e. The molecule has 22 nitrogen and oxygen atoms in total. The number of likely N-dealkylation sites (tertiary alicyclic amines) is 1. The number of ether oxygens (including phenoxy) is 2. The number of para-hydroxylation sites is 1. The maximum absolute atomic E-state index is 14.8. The SMILES string of the molecule is CC[C@H](C)[C@@H]([C@@H](CC(=O)N1CCC[C@H]1[C@H](OC)[C@@H](C)C(=O)N[C@@H](Cc1c[nH]c2ccccc12)C(=O)N1CCCCO1)OC)N(C)C(=O)[C@@H](NC(=O)[C@H](C(C)C)N(C)CCCC(=O)NNC(=O)CCCCCN1C(=O)C=CC1=O)C(C)C. The van der Waals surface area contributed by atoms with Crippen molar-refractivity contribution >= 4 is 64.1 Å². The van der Waals surface area contributed by atoms with Gasteiger partial charge < -0.3 is 34.9 Å². The Labute approximate surface area is 478 Å². The van der Waals surface area contributed by atoms with E-state index in [9.17, 15) is 43.2 Å². The second-order valence-corrected chi connectivity index (χ2v) is 22.8. The standard InChI is InChI=1S/C59H92N10O12/c1-12-39(6)54(66(9)59(78)52(37(2)3)62-57(76)53(38(4)5)65(8)29-21-26-48(71)64-63-47(70)25-14-13-17-30-68-49(72)27-28-50(68)73)46(79-10)35-51(74)67-31-20-24-45(67)55(80-11)40(7)56(75)61-44(58(77)69-32-18-19-33-81-69)34-41-36-60-43-23-16-15-22-42(41)43/h15-16,22-23,27-28,36-40,44-46,52-55,60H,12-14,17-21,24-26,29-35H2,1-11H3,(H,61,75)(H,62,76)(H,63,70)(H,64,71)/t39-,40+,44-,45-,46+,52-,53-,54-,55+/m0/s1. The number of amides is 9. The second-order valence-electron chi connectivity index (χ2n) is 22.8. The Hall–Kier alpha value is -6.23. The Bertz CT molecular complexity index is 2480. The van der Waals surface area contributed by atoms with Gasteiger partial charge in [0.05, 0.1) is 49.3 Å². The summed E-state index contributed by atoms with van der Waals surface area (Å²) in [6.45, 7) is 15.2. The first-order valence-electron chi connectivity index (χ1n) is 29.2. The molecule has 4 heterocycles. The molecule has 3 aliphatic heterocycles. The van der Waals surface area contributed by atoms with Gasteiger partial charge in [-0.15, -0.1) is 0 Å². The van der Waals surface area contributed by atoms with E-state index in [0.29, 0.717) is 71.2 Å². The molecule has 5 N–H and O–H groups in total. The Morgan fingerprint density at radius 3 is 2.10 bits per heavy atom. The molecule has 81 heavy (non-hydrogen) atoms. The fourth-order valence-corrected chi connectivity index (χ4v) is 11.5. The quantitative estimate of drug-likeness (QED) is 0.0404. The summed E-state index contributed by atoms with van der Waals surface area (Å²) in [5.41, 5.74) is 6.67. The molecule has 0 unspecified atom stereocenters. The third-order valence-electron chi connectivity index (χ3n) is 16.3. The number of hydrogen-bond donors (Lipinski definition) is 5. The van der Waals surface area contributed by atoms with E-state index in [1.165, 1.54) is 31.4 Å². The zero-order chi connectivity index (χ0) is 59.5. The van der Waals surface area contributed by atoms with Crippen LogP contribution in [-0.4, -0.2) is 186 Å². The van der Waals surface area contributed by atoms with Gasteiger partial charge in [-0.3, -0.25) is 68.6 Å². The molecule has 0 bridgehead atoms. The number of hydroxylamine groups is 2. The average Bonchev–Trinajstić information content (AvgIpc) is 4.20. The fraction of sp³-hybridized carbons (Fsp3) is 0.678. The number of hydrogen-bond acceptors (Lipinski definition) is 13. The first-order valence-corrected chi connectivity index (χ1v) is 29.2. The highest BCUT2D eigenvalue weighted by molar-refractivity contribution is 6.12. The number of benzene rings is 1. The Morgan fingerprint density at radius 1 is 0.802 bits per heavy atom. The number of aromatic amines is 1. The lowest BCUT2D eigenvalue weighted by molar-refractivity contribution is -0.199. The highest BCUT2D eigenvalue weighted by Gasteiger charge is 2.44. The number of fused-ring (bicyclic) bond motifs is 1. The van der Waals surface area contributed by atoms with Crippen LogP contribution in [0.25, 0.3) is 10.9 Å². The van der Waals surface area contributed by atoms with Crippen LogP contribution in [0.15, 0.2) is 42.6 Å². The summed E-state index contributed by atoms with van der Waals surface area (Å²) in [6.07, 6.45) is 8.90. The van der Waals surface area contributed by atoms with Crippen molar-refractivity contribution in [3.8, 4) is 0 Å². The molecular weight excluding hydrogens is 1040 g/mol. The van der Waals surface area contributed by atoms with E-state index >= 15 is 0 Å². The molecule has 2 fully saturated rings. The Morgan fingerprint density at radius 2 is 1.48 bits per heavy atom. The Kier molecular flexibility index (Phi) is 25.8. The first-order chi connectivity index (χ1) is 38.6. The maximum Gasteiger partial charge on any atom is 0.269 e. The molecule has 9 amide bonds. The highest BCUT2D eigenvalue weighted by Crippen LogP contribution is 2.30. The number of nitrogens with zero attached hydrogens (tertiary/aromatic N) is 5. The van der Waals surface area contributed by atoms with Gasteiger partial charge in [0.25, 0.3) is 17.7 Å². The number of carbonyl (C=O) groups is 9. The molecule has 22 heteroatoms. The number of aromatic nitrogens is 1. The molecule has 1 aromatic carbocycles. The van der Waals surface area contributed by atoms with Crippen LogP contribution in [-0.2, 0) is 63.9 Å². The highest BCUT2D eigenvalue weighted by atomic mass is 16.7. The number of carbonyl (C=O) groups excluding carboxylic acids is 9. The molecular formula is C59H92N10O12. The van der Waals surface area contributed by atoms with Crippen molar-refractivity contribution in [3.05, 3.63) is 48.2 Å². The smallest absolute Gasteiger partial charge is 0.269 e. The lowest BCUT2D eigenvalue weighted by atomic mass is 9.89. The molecule has 3 aliphatic rings. The van der Waals surface area contributed by atoms with Gasteiger partial charge in [-0.05, 0) is 87.9 Å². The summed E-state index contributed by atoms with van der Waals surface area (Å²) < 4.78 is 12.2. The molecule has 2 saturated heterocycles. The lowest BCUT2D eigenvalue weighted by Gasteiger charge is -2.41. The predicted molar refractivity (Wildman–Crippen MR) is 305 cm³/mol. The van der Waals surface area contributed by atoms with E-state index in [-0.39, 0.29) is 97.2 Å². The van der Waals surface area contributed by atoms with E-state index < -0.39 is 54.2 Å². The number of likely N-dealkylation sites (N-methyl/N-ethyl adjacent to an activating group) is 2. The van der Waals surface area contributed by atoms with Crippen molar-refractivity contribution in [2.45, 2.75) is 174 Å². The van der Waals surface area contributed by atoms with Crippen molar-refractivity contribution in [1.82, 2.24) is 51.1 Å². The van der Waals surface area contributed by atoms with Crippen molar-refractivity contribution < 1.29 is 57.5 Å². The molecule has 0 aliphatic carbocycles. The molecule has 0 saturated carbocycles. The molecule has 9 atom stereocenters. The number of unbranched alkanes of at least 4 members (excludes halogenated alkanes) is 2. The zero-order valence-corrected chi connectivity index (χ0v) is 49.8. The van der Waals surface area contributed by atoms with Crippen LogP contribution in [0.1, 0.15) is 131 Å². The third kappa shape index (κ3) is 17.9. The van der Waals surface area contributed by atoms with Crippen LogP contribution in [0.4, 0.5) is 0 Å². The van der Waals surface area contributed by atoms with Crippen molar-refractivity contribution in [2.75, 3.05) is 61.1 Å². The van der Waals surface area contributed by atoms with Gasteiger partial charge in [-0.25, -0.2) is 5.06 Å². The lowest BCUT2D eigenvalue weighted by Crippen LogP contribution is -2.60.